The van der Waals surface area contributed by atoms with Crippen LogP contribution in [0.4, 0.5) is 5.95 Å². The lowest BCUT2D eigenvalue weighted by Crippen LogP contribution is -2.23. The van der Waals surface area contributed by atoms with Crippen LogP contribution < -0.4 is 4.90 Å². The van der Waals surface area contributed by atoms with Crippen LogP contribution in [0.15, 0.2) is 36.7 Å². The highest BCUT2D eigenvalue weighted by Gasteiger charge is 2.05. The van der Waals surface area contributed by atoms with Crippen molar-refractivity contribution in [1.29, 1.82) is 5.26 Å². The number of hydrogen-bond donors (Lipinski definition) is 1. The number of benzene rings is 1. The number of rotatable bonds is 5. The van der Waals surface area contributed by atoms with Crippen LogP contribution in [-0.2, 0) is 0 Å². The number of anilines is 1. The number of nitriles is 1. The zero-order valence-electron chi connectivity index (χ0n) is 12.6. The van der Waals surface area contributed by atoms with E-state index in [-0.39, 0.29) is 6.61 Å². The Bertz CT molecular complexity index is 767. The third kappa shape index (κ3) is 4.13. The molecule has 0 bridgehead atoms. The quantitative estimate of drug-likeness (QED) is 0.857. The Kier molecular flexibility index (Phi) is 5.40. The van der Waals surface area contributed by atoms with E-state index in [1.807, 2.05) is 6.07 Å². The van der Waals surface area contributed by atoms with Crippen LogP contribution in [0.1, 0.15) is 16.7 Å². The fourth-order valence-electron chi connectivity index (χ4n) is 1.91. The average molecular weight is 305 g/mol. The predicted molar refractivity (Wildman–Crippen MR) is 88.0 cm³/mol. The molecule has 2 rings (SSSR count). The summed E-state index contributed by atoms with van der Waals surface area (Å²) in [5.41, 5.74) is 2.45. The van der Waals surface area contributed by atoms with Crippen molar-refractivity contribution in [1.82, 2.24) is 9.97 Å². The lowest BCUT2D eigenvalue weighted by atomic mass is 10.1. The standard InChI is InChI=1S/C17H15N5O/c1-19-16(15-5-3-13(10-18)4-6-15)9-14-11-20-17(21-12-14)22(2)7-8-23/h3-6,9,11-12,23H,7-8H2,2H3/b16-9-. The van der Waals surface area contributed by atoms with Crippen LogP contribution in [-0.4, -0.2) is 35.3 Å². The van der Waals surface area contributed by atoms with E-state index < -0.39 is 0 Å². The van der Waals surface area contributed by atoms with Crippen molar-refractivity contribution in [2.45, 2.75) is 0 Å². The summed E-state index contributed by atoms with van der Waals surface area (Å²) in [5.74, 6) is 0.513. The molecule has 0 atom stereocenters. The monoisotopic (exact) mass is 305 g/mol. The molecule has 0 amide bonds. The van der Waals surface area contributed by atoms with Gasteiger partial charge in [-0.15, -0.1) is 0 Å². The maximum atomic E-state index is 8.91. The van der Waals surface area contributed by atoms with Crippen LogP contribution in [0.3, 0.4) is 0 Å². The Morgan fingerprint density at radius 1 is 1.35 bits per heavy atom. The SMILES string of the molecule is [C-]#[N+]/C(=C\c1cnc(N(C)CCO)nc1)c1ccc(C#N)cc1. The number of aliphatic hydroxyl groups excluding tert-OH is 1. The third-order valence-corrected chi connectivity index (χ3v) is 3.17. The molecule has 0 saturated heterocycles. The molecule has 2 aromatic rings. The van der Waals surface area contributed by atoms with Gasteiger partial charge in [0.25, 0.3) is 0 Å². The minimum Gasteiger partial charge on any atom is -0.395 e. The van der Waals surface area contributed by atoms with Crippen LogP contribution in [0.2, 0.25) is 0 Å². The Labute approximate surface area is 134 Å². The van der Waals surface area contributed by atoms with E-state index in [1.165, 1.54) is 0 Å². The van der Waals surface area contributed by atoms with Crippen molar-refractivity contribution in [2.75, 3.05) is 25.1 Å². The van der Waals surface area contributed by atoms with E-state index in [0.717, 1.165) is 5.56 Å². The number of aromatic nitrogens is 2. The first-order chi connectivity index (χ1) is 11.2. The largest absolute Gasteiger partial charge is 0.395 e. The smallest absolute Gasteiger partial charge is 0.225 e. The zero-order valence-corrected chi connectivity index (χ0v) is 12.6. The molecular formula is C17H15N5O. The van der Waals surface area contributed by atoms with Gasteiger partial charge in [-0.05, 0) is 23.8 Å². The van der Waals surface area contributed by atoms with E-state index >= 15 is 0 Å². The molecule has 0 aliphatic carbocycles. The van der Waals surface area contributed by atoms with Crippen molar-refractivity contribution in [3.8, 4) is 6.07 Å². The van der Waals surface area contributed by atoms with Gasteiger partial charge in [0.15, 0.2) is 5.70 Å². The summed E-state index contributed by atoms with van der Waals surface area (Å²) in [4.78, 5) is 13.7. The van der Waals surface area contributed by atoms with E-state index in [1.54, 1.807) is 54.7 Å². The molecule has 1 aromatic carbocycles. The normalized spacial score (nSPS) is 10.7. The fraction of sp³-hybridized carbons (Fsp3) is 0.176. The summed E-state index contributed by atoms with van der Waals surface area (Å²) in [5, 5.41) is 17.7. The third-order valence-electron chi connectivity index (χ3n) is 3.17. The fourth-order valence-corrected chi connectivity index (χ4v) is 1.91. The molecule has 0 fully saturated rings. The summed E-state index contributed by atoms with van der Waals surface area (Å²) in [6.45, 7) is 7.81. The van der Waals surface area contributed by atoms with Gasteiger partial charge in [0.05, 0.1) is 24.8 Å². The van der Waals surface area contributed by atoms with Crippen LogP contribution in [0.5, 0.6) is 0 Å². The molecule has 1 N–H and O–H groups in total. The Morgan fingerprint density at radius 2 is 2.00 bits per heavy atom. The van der Waals surface area contributed by atoms with Gasteiger partial charge in [0, 0.05) is 31.5 Å². The van der Waals surface area contributed by atoms with Crippen molar-refractivity contribution in [3.05, 3.63) is 64.8 Å². The van der Waals surface area contributed by atoms with Gasteiger partial charge < -0.3 is 10.0 Å². The van der Waals surface area contributed by atoms with Gasteiger partial charge in [0.1, 0.15) is 0 Å². The Morgan fingerprint density at radius 3 is 2.52 bits per heavy atom. The van der Waals surface area contributed by atoms with E-state index in [0.29, 0.717) is 29.3 Å². The minimum absolute atomic E-state index is 0.0298. The maximum absolute atomic E-state index is 8.91. The van der Waals surface area contributed by atoms with Crippen LogP contribution in [0, 0.1) is 17.9 Å². The molecule has 6 nitrogen and oxygen atoms in total. The highest BCUT2D eigenvalue weighted by atomic mass is 16.3. The first kappa shape index (κ1) is 16.2. The highest BCUT2D eigenvalue weighted by Crippen LogP contribution is 2.20. The van der Waals surface area contributed by atoms with Gasteiger partial charge in [0.2, 0.25) is 5.95 Å². The summed E-state index contributed by atoms with van der Waals surface area (Å²) in [7, 11) is 1.79. The van der Waals surface area contributed by atoms with Crippen molar-refractivity contribution in [2.24, 2.45) is 0 Å². The van der Waals surface area contributed by atoms with Crippen molar-refractivity contribution < 1.29 is 5.11 Å². The number of likely N-dealkylation sites (N-methyl/N-ethyl adjacent to an activating group) is 1. The summed E-state index contributed by atoms with van der Waals surface area (Å²) < 4.78 is 0. The van der Waals surface area contributed by atoms with Crippen molar-refractivity contribution >= 4 is 17.7 Å². The molecule has 23 heavy (non-hydrogen) atoms. The van der Waals surface area contributed by atoms with Gasteiger partial charge in [-0.1, -0.05) is 12.1 Å². The molecule has 0 unspecified atom stereocenters. The average Bonchev–Trinajstić information content (AvgIpc) is 2.60. The second-order valence-electron chi connectivity index (χ2n) is 4.79. The first-order valence-corrected chi connectivity index (χ1v) is 6.91. The lowest BCUT2D eigenvalue weighted by Gasteiger charge is -2.14. The zero-order chi connectivity index (χ0) is 16.7. The Hall–Kier alpha value is -3.22. The molecule has 0 saturated carbocycles. The van der Waals surface area contributed by atoms with Gasteiger partial charge >= 0.3 is 0 Å². The van der Waals surface area contributed by atoms with Crippen LogP contribution >= 0.6 is 0 Å². The molecular weight excluding hydrogens is 290 g/mol. The highest BCUT2D eigenvalue weighted by molar-refractivity contribution is 5.85. The number of hydrogen-bond acceptors (Lipinski definition) is 5. The molecule has 114 valence electrons. The molecule has 0 aliphatic heterocycles. The molecule has 0 aliphatic rings. The number of aliphatic hydroxyl groups is 1. The van der Waals surface area contributed by atoms with E-state index in [9.17, 15) is 0 Å². The topological polar surface area (TPSA) is 77.4 Å². The van der Waals surface area contributed by atoms with E-state index in [2.05, 4.69) is 14.8 Å². The first-order valence-electron chi connectivity index (χ1n) is 6.91. The summed E-state index contributed by atoms with van der Waals surface area (Å²) in [6.07, 6.45) is 4.96. The number of nitrogens with zero attached hydrogens (tertiary/aromatic N) is 5. The van der Waals surface area contributed by atoms with Gasteiger partial charge in [-0.25, -0.2) is 14.8 Å². The second kappa shape index (κ2) is 7.69. The molecule has 6 heteroatoms. The van der Waals surface area contributed by atoms with E-state index in [4.69, 9.17) is 16.9 Å². The molecule has 0 radical (unpaired) electrons. The lowest BCUT2D eigenvalue weighted by molar-refractivity contribution is 0.303. The minimum atomic E-state index is 0.0298. The molecule has 0 spiro atoms. The van der Waals surface area contributed by atoms with Gasteiger partial charge in [-0.2, -0.15) is 5.26 Å². The van der Waals surface area contributed by atoms with Crippen molar-refractivity contribution in [3.63, 3.8) is 0 Å². The summed E-state index contributed by atoms with van der Waals surface area (Å²) in [6, 6.07) is 8.89. The van der Waals surface area contributed by atoms with Crippen LogP contribution in [0.25, 0.3) is 16.6 Å². The maximum Gasteiger partial charge on any atom is 0.225 e. The second-order valence-corrected chi connectivity index (χ2v) is 4.79. The summed E-state index contributed by atoms with van der Waals surface area (Å²) >= 11 is 0. The van der Waals surface area contributed by atoms with Gasteiger partial charge in [-0.3, -0.25) is 0 Å². The molecule has 1 heterocycles. The predicted octanol–water partition coefficient (Wildman–Crippen LogP) is 2.19. The molecule has 1 aromatic heterocycles. The Balaban J connectivity index is 2.24.